The molecule has 0 unspecified atom stereocenters. The highest BCUT2D eigenvalue weighted by Crippen LogP contribution is 2.32. The van der Waals surface area contributed by atoms with E-state index in [1.165, 1.54) is 12.1 Å². The Kier molecular flexibility index (Phi) is 7.17. The highest BCUT2D eigenvalue weighted by molar-refractivity contribution is 6.30. The Morgan fingerprint density at radius 1 is 0.917 bits per heavy atom. The third kappa shape index (κ3) is 5.78. The van der Waals surface area contributed by atoms with Gasteiger partial charge in [0.25, 0.3) is 11.8 Å². The van der Waals surface area contributed by atoms with Gasteiger partial charge in [0.1, 0.15) is 5.69 Å². The minimum Gasteiger partial charge on any atom is -0.347 e. The molecule has 1 aromatic heterocycles. The molecule has 3 aromatic carbocycles. The van der Waals surface area contributed by atoms with Crippen LogP contribution in [0.25, 0.3) is 11.1 Å². The fourth-order valence-corrected chi connectivity index (χ4v) is 3.83. The van der Waals surface area contributed by atoms with Crippen molar-refractivity contribution in [3.05, 3.63) is 112 Å². The van der Waals surface area contributed by atoms with Gasteiger partial charge in [-0.15, -0.1) is 0 Å². The second-order valence-corrected chi connectivity index (χ2v) is 8.55. The van der Waals surface area contributed by atoms with Crippen LogP contribution in [0.1, 0.15) is 32.0 Å². The maximum atomic E-state index is 13.1. The lowest BCUT2D eigenvalue weighted by atomic mass is 9.98. The van der Waals surface area contributed by atoms with Gasteiger partial charge in [-0.2, -0.15) is 13.2 Å². The smallest absolute Gasteiger partial charge is 0.347 e. The minimum absolute atomic E-state index is 0.287. The topological polar surface area (TPSA) is 63.1 Å². The monoisotopic (exact) mass is 511 g/mol. The predicted molar refractivity (Wildman–Crippen MR) is 133 cm³/mol. The van der Waals surface area contributed by atoms with E-state index in [1.807, 2.05) is 12.1 Å². The number of alkyl halides is 3. The molecule has 0 atom stereocenters. The van der Waals surface area contributed by atoms with Crippen molar-refractivity contribution in [3.63, 3.8) is 0 Å². The molecule has 0 saturated carbocycles. The van der Waals surface area contributed by atoms with Crippen LogP contribution in [-0.4, -0.2) is 16.4 Å². The number of aryl methyl sites for hydroxylation is 1. The zero-order chi connectivity index (χ0) is 25.9. The van der Waals surface area contributed by atoms with Gasteiger partial charge in [-0.25, -0.2) is 0 Å². The summed E-state index contributed by atoms with van der Waals surface area (Å²) in [6.07, 6.45) is -2.84. The van der Waals surface area contributed by atoms with Crippen molar-refractivity contribution in [2.45, 2.75) is 12.7 Å². The van der Waals surface area contributed by atoms with Gasteiger partial charge in [-0.3, -0.25) is 9.59 Å². The van der Waals surface area contributed by atoms with Crippen molar-refractivity contribution < 1.29 is 22.8 Å². The summed E-state index contributed by atoms with van der Waals surface area (Å²) in [6, 6.07) is 19.9. The summed E-state index contributed by atoms with van der Waals surface area (Å²) in [5.74, 6) is -0.776. The van der Waals surface area contributed by atoms with Crippen molar-refractivity contribution in [2.75, 3.05) is 5.32 Å². The van der Waals surface area contributed by atoms with E-state index in [0.29, 0.717) is 34.1 Å². The Labute approximate surface area is 210 Å². The number of aromatic nitrogens is 1. The molecule has 4 aromatic rings. The quantitative estimate of drug-likeness (QED) is 0.308. The van der Waals surface area contributed by atoms with E-state index < -0.39 is 17.6 Å². The molecule has 0 saturated heterocycles. The Balaban J connectivity index is 1.48. The molecule has 0 aliphatic carbocycles. The first-order valence-electron chi connectivity index (χ1n) is 10.9. The molecule has 2 N–H and O–H groups in total. The molecular formula is C27H21ClF3N3O2. The molecule has 0 bridgehead atoms. The second kappa shape index (κ2) is 10.3. The third-order valence-corrected chi connectivity index (χ3v) is 5.81. The van der Waals surface area contributed by atoms with Crippen LogP contribution < -0.4 is 10.6 Å². The number of nitrogens with one attached hydrogen (secondary N) is 2. The van der Waals surface area contributed by atoms with Gasteiger partial charge in [0.15, 0.2) is 0 Å². The number of benzene rings is 3. The third-order valence-electron chi connectivity index (χ3n) is 5.56. The molecule has 1 heterocycles. The predicted octanol–water partition coefficient (Wildman–Crippen LogP) is 6.55. The number of halogens is 4. The molecule has 36 heavy (non-hydrogen) atoms. The van der Waals surface area contributed by atoms with Crippen molar-refractivity contribution in [1.29, 1.82) is 0 Å². The van der Waals surface area contributed by atoms with Crippen LogP contribution in [0.4, 0.5) is 18.9 Å². The van der Waals surface area contributed by atoms with E-state index in [0.717, 1.165) is 17.7 Å². The SMILES string of the molecule is Cn1cc(NC(=O)c2ccccc2-c2ccc(C(F)(F)F)cc2)cc1C(=O)NCc1ccc(Cl)cc1. The zero-order valence-corrected chi connectivity index (χ0v) is 19.8. The van der Waals surface area contributed by atoms with Gasteiger partial charge in [0.2, 0.25) is 0 Å². The van der Waals surface area contributed by atoms with E-state index in [2.05, 4.69) is 10.6 Å². The van der Waals surface area contributed by atoms with Gasteiger partial charge >= 0.3 is 6.18 Å². The minimum atomic E-state index is -4.44. The van der Waals surface area contributed by atoms with Crippen molar-refractivity contribution in [2.24, 2.45) is 7.05 Å². The summed E-state index contributed by atoms with van der Waals surface area (Å²) in [7, 11) is 1.68. The first kappa shape index (κ1) is 25.1. The number of amides is 2. The summed E-state index contributed by atoms with van der Waals surface area (Å²) < 4.78 is 40.3. The normalized spacial score (nSPS) is 11.2. The van der Waals surface area contributed by atoms with Gasteiger partial charge in [-0.1, -0.05) is 54.1 Å². The Hall–Kier alpha value is -4.04. The average Bonchev–Trinajstić information content (AvgIpc) is 3.22. The largest absolute Gasteiger partial charge is 0.416 e. The van der Waals surface area contributed by atoms with E-state index in [4.69, 9.17) is 11.6 Å². The van der Waals surface area contributed by atoms with E-state index in [-0.39, 0.29) is 11.5 Å². The molecule has 4 rings (SSSR count). The Morgan fingerprint density at radius 2 is 1.58 bits per heavy atom. The van der Waals surface area contributed by atoms with E-state index in [9.17, 15) is 22.8 Å². The lowest BCUT2D eigenvalue weighted by Gasteiger charge is -2.11. The van der Waals surface area contributed by atoms with E-state index >= 15 is 0 Å². The molecule has 184 valence electrons. The van der Waals surface area contributed by atoms with Gasteiger partial charge in [0.05, 0.1) is 11.3 Å². The maximum absolute atomic E-state index is 13.1. The highest BCUT2D eigenvalue weighted by Gasteiger charge is 2.30. The summed E-state index contributed by atoms with van der Waals surface area (Å²) >= 11 is 5.88. The summed E-state index contributed by atoms with van der Waals surface area (Å²) in [6.45, 7) is 0.309. The fraction of sp³-hybridized carbons (Fsp3) is 0.111. The van der Waals surface area contributed by atoms with Gasteiger partial charge < -0.3 is 15.2 Å². The standard InChI is InChI=1S/C27H21ClF3N3O2/c1-34-16-21(14-24(34)26(36)32-15-17-6-12-20(28)13-7-17)33-25(35)23-5-3-2-4-22(23)18-8-10-19(11-9-18)27(29,30)31/h2-14,16H,15H2,1H3,(H,32,36)(H,33,35). The molecule has 0 aliphatic rings. The number of carbonyl (C=O) groups excluding carboxylic acids is 2. The number of anilines is 1. The number of nitrogens with zero attached hydrogens (tertiary/aromatic N) is 1. The maximum Gasteiger partial charge on any atom is 0.416 e. The number of hydrogen-bond donors (Lipinski definition) is 2. The Bertz CT molecular complexity index is 1400. The lowest BCUT2D eigenvalue weighted by molar-refractivity contribution is -0.137. The zero-order valence-electron chi connectivity index (χ0n) is 19.1. The molecule has 0 aliphatic heterocycles. The van der Waals surface area contributed by atoms with Crippen LogP contribution in [0.5, 0.6) is 0 Å². The number of carbonyl (C=O) groups is 2. The molecule has 0 radical (unpaired) electrons. The second-order valence-electron chi connectivity index (χ2n) is 8.11. The van der Waals surface area contributed by atoms with Crippen molar-refractivity contribution in [3.8, 4) is 11.1 Å². The fourth-order valence-electron chi connectivity index (χ4n) is 3.70. The van der Waals surface area contributed by atoms with Crippen molar-refractivity contribution >= 4 is 29.1 Å². The Morgan fingerprint density at radius 3 is 2.25 bits per heavy atom. The molecule has 9 heteroatoms. The number of hydrogen-bond acceptors (Lipinski definition) is 2. The summed E-state index contributed by atoms with van der Waals surface area (Å²) in [5.41, 5.74) is 2.12. The van der Waals surface area contributed by atoms with Crippen LogP contribution in [0.15, 0.2) is 85.1 Å². The molecule has 0 fully saturated rings. The van der Waals surface area contributed by atoms with Crippen molar-refractivity contribution in [1.82, 2.24) is 9.88 Å². The molecule has 0 spiro atoms. The lowest BCUT2D eigenvalue weighted by Crippen LogP contribution is -2.24. The molecule has 2 amide bonds. The molecular weight excluding hydrogens is 491 g/mol. The highest BCUT2D eigenvalue weighted by atomic mass is 35.5. The van der Waals surface area contributed by atoms with Gasteiger partial charge in [-0.05, 0) is 53.1 Å². The summed E-state index contributed by atoms with van der Waals surface area (Å²) in [5, 5.41) is 6.19. The van der Waals surface area contributed by atoms with Crippen LogP contribution in [0.2, 0.25) is 5.02 Å². The van der Waals surface area contributed by atoms with Crippen LogP contribution in [-0.2, 0) is 19.8 Å². The number of rotatable bonds is 6. The molecule has 5 nitrogen and oxygen atoms in total. The van der Waals surface area contributed by atoms with Crippen LogP contribution in [0, 0.1) is 0 Å². The van der Waals surface area contributed by atoms with Crippen LogP contribution in [0.3, 0.4) is 0 Å². The van der Waals surface area contributed by atoms with E-state index in [1.54, 1.807) is 60.3 Å². The first-order chi connectivity index (χ1) is 17.1. The van der Waals surface area contributed by atoms with Crippen LogP contribution >= 0.6 is 11.6 Å². The average molecular weight is 512 g/mol. The van der Waals surface area contributed by atoms with Gasteiger partial charge in [0, 0.05) is 30.4 Å². The first-order valence-corrected chi connectivity index (χ1v) is 11.3. The summed E-state index contributed by atoms with van der Waals surface area (Å²) in [4.78, 5) is 25.7.